The number of anilines is 1. The molecule has 1 aliphatic rings. The van der Waals surface area contributed by atoms with Gasteiger partial charge in [0.05, 0.1) is 11.1 Å². The molecule has 1 heterocycles. The summed E-state index contributed by atoms with van der Waals surface area (Å²) in [5.41, 5.74) is -0.800. The summed E-state index contributed by atoms with van der Waals surface area (Å²) in [6.07, 6.45) is -4.15. The largest absolute Gasteiger partial charge is 0.478 e. The molecule has 0 fully saturated rings. The number of benzene rings is 1. The van der Waals surface area contributed by atoms with Crippen LogP contribution in [-0.2, 0) is 12.6 Å². The number of hydrogen-bond acceptors (Lipinski definition) is 2. The summed E-state index contributed by atoms with van der Waals surface area (Å²) in [6, 6.07) is 1.96. The molecule has 0 unspecified atom stereocenters. The van der Waals surface area contributed by atoms with E-state index in [2.05, 4.69) is 5.32 Å². The topological polar surface area (TPSA) is 49.3 Å². The van der Waals surface area contributed by atoms with Crippen molar-refractivity contribution < 1.29 is 23.1 Å². The van der Waals surface area contributed by atoms with Crippen LogP contribution in [-0.4, -0.2) is 17.6 Å². The Balaban J connectivity index is 0.00000144. The predicted molar refractivity (Wildman–Crippen MR) is 57.8 cm³/mol. The van der Waals surface area contributed by atoms with Crippen LogP contribution in [0.25, 0.3) is 0 Å². The Labute approximate surface area is 101 Å². The molecule has 17 heavy (non-hydrogen) atoms. The van der Waals surface area contributed by atoms with E-state index in [9.17, 15) is 18.0 Å². The Morgan fingerprint density at radius 3 is 2.53 bits per heavy atom. The molecule has 0 amide bonds. The van der Waals surface area contributed by atoms with Gasteiger partial charge in [-0.2, -0.15) is 13.2 Å². The Morgan fingerprint density at radius 2 is 2.00 bits per heavy atom. The van der Waals surface area contributed by atoms with E-state index in [0.717, 1.165) is 12.1 Å². The minimum atomic E-state index is -4.63. The fraction of sp³-hybridized carbons (Fsp3) is 0.300. The van der Waals surface area contributed by atoms with Crippen LogP contribution in [0.1, 0.15) is 21.5 Å². The first kappa shape index (κ1) is 13.6. The van der Waals surface area contributed by atoms with E-state index in [1.165, 1.54) is 0 Å². The second kappa shape index (κ2) is 4.44. The number of hydrogen-bond donors (Lipinski definition) is 2. The molecule has 1 aliphatic heterocycles. The first-order valence-electron chi connectivity index (χ1n) is 4.61. The van der Waals surface area contributed by atoms with Crippen molar-refractivity contribution in [2.75, 3.05) is 11.9 Å². The fourth-order valence-corrected chi connectivity index (χ4v) is 1.76. The summed E-state index contributed by atoms with van der Waals surface area (Å²) in [4.78, 5) is 10.7. The van der Waals surface area contributed by atoms with Gasteiger partial charge < -0.3 is 10.4 Å². The van der Waals surface area contributed by atoms with Crippen molar-refractivity contribution in [2.24, 2.45) is 0 Å². The fourth-order valence-electron chi connectivity index (χ4n) is 1.76. The second-order valence-electron chi connectivity index (χ2n) is 3.53. The lowest BCUT2D eigenvalue weighted by Crippen LogP contribution is -2.13. The van der Waals surface area contributed by atoms with Gasteiger partial charge in [-0.1, -0.05) is 0 Å². The summed E-state index contributed by atoms with van der Waals surface area (Å²) in [6.45, 7) is 0.537. The van der Waals surface area contributed by atoms with Gasteiger partial charge in [0.2, 0.25) is 0 Å². The van der Waals surface area contributed by atoms with Gasteiger partial charge >= 0.3 is 12.1 Å². The average Bonchev–Trinajstić information content (AvgIpc) is 2.60. The molecular formula is C10H9ClF3NO2. The molecule has 3 nitrogen and oxygen atoms in total. The maximum atomic E-state index is 12.6. The highest BCUT2D eigenvalue weighted by atomic mass is 35.5. The highest BCUT2D eigenvalue weighted by Crippen LogP contribution is 2.36. The van der Waals surface area contributed by atoms with Crippen molar-refractivity contribution in [3.05, 3.63) is 28.8 Å². The number of nitrogens with one attached hydrogen (secondary N) is 1. The zero-order chi connectivity index (χ0) is 11.9. The highest BCUT2D eigenvalue weighted by Gasteiger charge is 2.36. The van der Waals surface area contributed by atoms with Crippen molar-refractivity contribution >= 4 is 24.1 Å². The average molecular weight is 268 g/mol. The Hall–Kier alpha value is -1.43. The highest BCUT2D eigenvalue weighted by molar-refractivity contribution is 5.91. The van der Waals surface area contributed by atoms with Crippen molar-refractivity contribution in [3.63, 3.8) is 0 Å². The van der Waals surface area contributed by atoms with Crippen LogP contribution >= 0.6 is 12.4 Å². The Kier molecular flexibility index (Phi) is 3.56. The minimum Gasteiger partial charge on any atom is -0.478 e. The first-order valence-corrected chi connectivity index (χ1v) is 4.61. The number of rotatable bonds is 1. The molecule has 94 valence electrons. The van der Waals surface area contributed by atoms with E-state index < -0.39 is 23.3 Å². The van der Waals surface area contributed by atoms with Gasteiger partial charge in [-0.05, 0) is 24.1 Å². The van der Waals surface area contributed by atoms with Gasteiger partial charge in [0.25, 0.3) is 0 Å². The third-order valence-corrected chi connectivity index (χ3v) is 2.49. The number of alkyl halides is 3. The van der Waals surface area contributed by atoms with Crippen molar-refractivity contribution in [3.8, 4) is 0 Å². The van der Waals surface area contributed by atoms with Crippen LogP contribution in [0, 0.1) is 0 Å². The van der Waals surface area contributed by atoms with Crippen LogP contribution in [0.15, 0.2) is 12.1 Å². The molecule has 0 spiro atoms. The van der Waals surface area contributed by atoms with E-state index in [1.54, 1.807) is 0 Å². The zero-order valence-electron chi connectivity index (χ0n) is 8.47. The maximum absolute atomic E-state index is 12.6. The number of fused-ring (bicyclic) bond motifs is 1. The molecule has 1 aromatic rings. The lowest BCUT2D eigenvalue weighted by Gasteiger charge is -2.12. The number of carboxylic acids is 1. The monoisotopic (exact) mass is 267 g/mol. The van der Waals surface area contributed by atoms with Crippen LogP contribution in [0.5, 0.6) is 0 Å². The molecule has 7 heteroatoms. The molecule has 0 bridgehead atoms. The quantitative estimate of drug-likeness (QED) is 0.823. The molecular weight excluding hydrogens is 259 g/mol. The van der Waals surface area contributed by atoms with Crippen LogP contribution in [0.3, 0.4) is 0 Å². The van der Waals surface area contributed by atoms with E-state index >= 15 is 0 Å². The number of carbonyl (C=O) groups is 1. The maximum Gasteiger partial charge on any atom is 0.417 e. The molecule has 1 aromatic carbocycles. The lowest BCUT2D eigenvalue weighted by atomic mass is 10.0. The predicted octanol–water partition coefficient (Wildman–Crippen LogP) is 2.79. The summed E-state index contributed by atoms with van der Waals surface area (Å²) in [5, 5.41) is 11.6. The molecule has 0 saturated carbocycles. The van der Waals surface area contributed by atoms with Crippen LogP contribution in [0.2, 0.25) is 0 Å². The molecule has 2 N–H and O–H groups in total. The SMILES string of the molecule is Cl.O=C(O)c1cc2c(cc1C(F)(F)F)CCN2. The number of halogens is 4. The van der Waals surface area contributed by atoms with E-state index in [-0.39, 0.29) is 12.4 Å². The van der Waals surface area contributed by atoms with Gasteiger partial charge in [-0.25, -0.2) is 4.79 Å². The molecule has 0 aliphatic carbocycles. The molecule has 0 saturated heterocycles. The van der Waals surface area contributed by atoms with E-state index in [4.69, 9.17) is 5.11 Å². The van der Waals surface area contributed by atoms with Crippen molar-refractivity contribution in [1.82, 2.24) is 0 Å². The molecule has 0 aromatic heterocycles. The third kappa shape index (κ3) is 2.46. The summed E-state index contributed by atoms with van der Waals surface area (Å²) in [7, 11) is 0. The van der Waals surface area contributed by atoms with Gasteiger partial charge in [0.15, 0.2) is 0 Å². The van der Waals surface area contributed by atoms with Crippen molar-refractivity contribution in [2.45, 2.75) is 12.6 Å². The van der Waals surface area contributed by atoms with Gasteiger partial charge in [0, 0.05) is 12.2 Å². The van der Waals surface area contributed by atoms with Crippen LogP contribution in [0.4, 0.5) is 18.9 Å². The minimum absolute atomic E-state index is 0. The van der Waals surface area contributed by atoms with Gasteiger partial charge in [-0.3, -0.25) is 0 Å². The van der Waals surface area contributed by atoms with Crippen molar-refractivity contribution in [1.29, 1.82) is 0 Å². The Bertz CT molecular complexity index is 460. The Morgan fingerprint density at radius 1 is 1.35 bits per heavy atom. The number of carboxylic acid groups (broad SMARTS) is 1. The summed E-state index contributed by atoms with van der Waals surface area (Å²) in [5.74, 6) is -1.57. The third-order valence-electron chi connectivity index (χ3n) is 2.49. The number of aromatic carboxylic acids is 1. The first-order chi connectivity index (χ1) is 7.39. The summed E-state index contributed by atoms with van der Waals surface area (Å²) >= 11 is 0. The smallest absolute Gasteiger partial charge is 0.417 e. The second-order valence-corrected chi connectivity index (χ2v) is 3.53. The zero-order valence-corrected chi connectivity index (χ0v) is 9.28. The van der Waals surface area contributed by atoms with E-state index in [1.807, 2.05) is 0 Å². The van der Waals surface area contributed by atoms with Gasteiger partial charge in [-0.15, -0.1) is 12.4 Å². The molecule has 0 atom stereocenters. The molecule has 0 radical (unpaired) electrons. The molecule has 2 rings (SSSR count). The summed E-state index contributed by atoms with van der Waals surface area (Å²) < 4.78 is 37.8. The van der Waals surface area contributed by atoms with Gasteiger partial charge in [0.1, 0.15) is 0 Å². The standard InChI is InChI=1S/C10H8F3NO2.ClH/c11-10(12,13)7-3-5-1-2-14-8(5)4-6(7)9(15)16;/h3-4,14H,1-2H2,(H,15,16);1H. The van der Waals surface area contributed by atoms with E-state index in [0.29, 0.717) is 24.2 Å². The normalized spacial score (nSPS) is 13.6. The van der Waals surface area contributed by atoms with Crippen LogP contribution < -0.4 is 5.32 Å². The lowest BCUT2D eigenvalue weighted by molar-refractivity contribution is -0.138.